The molecule has 1 aromatic carbocycles. The number of carbonyl (C=O) groups excluding carboxylic acids is 2. The zero-order valence-corrected chi connectivity index (χ0v) is 32.1. The summed E-state index contributed by atoms with van der Waals surface area (Å²) < 4.78 is 52.9. The average Bonchev–Trinajstić information content (AvgIpc) is 3.08. The highest BCUT2D eigenvalue weighted by Crippen LogP contribution is 2.41. The second kappa shape index (κ2) is 25.5. The molecule has 3 unspecified atom stereocenters. The van der Waals surface area contributed by atoms with Crippen molar-refractivity contribution in [3.8, 4) is 5.75 Å². The number of methoxy groups -OCH3 is 2. The van der Waals surface area contributed by atoms with Gasteiger partial charge in [0, 0.05) is 39.6 Å². The quantitative estimate of drug-likeness (QED) is 0.0312. The molecule has 0 saturated carbocycles. The normalized spacial score (nSPS) is 15.4. The number of carbonyl (C=O) groups is 2. The standard InChI is InChI=1S/C35H61NO15/c1-11-14-24-45-36(46-26-25-41-28(4)5)34(44-23-18-22-39-9,48-31-19-16-15-17-20-31)35(47-30(8)37,51-50-29(6)7)49-32(38)27-33(40-10,42-13-3)43-21-12-2/h15-17,19-20,28-29H,11-14,18,21-27H2,1-10H3. The first kappa shape index (κ1) is 46.5. The molecule has 0 spiro atoms. The van der Waals surface area contributed by atoms with Gasteiger partial charge in [-0.15, -0.1) is 4.89 Å². The summed E-state index contributed by atoms with van der Waals surface area (Å²) in [6.07, 6.45) is 0.687. The third-order valence-electron chi connectivity index (χ3n) is 6.31. The topological polar surface area (TPSA) is 157 Å². The number of benzene rings is 1. The molecule has 0 aromatic heterocycles. The second-order valence-electron chi connectivity index (χ2n) is 11.6. The average molecular weight is 736 g/mol. The van der Waals surface area contributed by atoms with Crippen molar-refractivity contribution in [3.05, 3.63) is 30.3 Å². The fourth-order valence-electron chi connectivity index (χ4n) is 4.11. The van der Waals surface area contributed by atoms with Crippen LogP contribution in [0.1, 0.15) is 87.5 Å². The van der Waals surface area contributed by atoms with Crippen LogP contribution in [0.15, 0.2) is 30.3 Å². The van der Waals surface area contributed by atoms with E-state index in [1.807, 2.05) is 27.7 Å². The van der Waals surface area contributed by atoms with Gasteiger partial charge in [0.25, 0.3) is 5.97 Å². The molecule has 0 fully saturated rings. The zero-order valence-electron chi connectivity index (χ0n) is 32.1. The van der Waals surface area contributed by atoms with E-state index < -0.39 is 42.3 Å². The molecular weight excluding hydrogens is 674 g/mol. The zero-order chi connectivity index (χ0) is 38.2. The number of rotatable bonds is 31. The van der Waals surface area contributed by atoms with E-state index in [0.29, 0.717) is 12.8 Å². The van der Waals surface area contributed by atoms with E-state index in [4.69, 9.17) is 62.1 Å². The Hall–Kier alpha value is -2.48. The number of esters is 2. The number of ether oxygens (including phenoxy) is 9. The van der Waals surface area contributed by atoms with Crippen molar-refractivity contribution in [2.24, 2.45) is 0 Å². The molecule has 0 N–H and O–H groups in total. The molecule has 0 aliphatic carbocycles. The predicted octanol–water partition coefficient (Wildman–Crippen LogP) is 5.43. The SMILES string of the molecule is CCCCON(OCCOC(C)C)C(OCCCOC)(Oc1ccccc1)C(OOC(C)C)(OC(C)=O)OC(=O)CC(OC)(OCC)OCCC. The molecule has 0 radical (unpaired) electrons. The van der Waals surface area contributed by atoms with Gasteiger partial charge in [0.15, 0.2) is 0 Å². The Morgan fingerprint density at radius 3 is 2.04 bits per heavy atom. The Balaban J connectivity index is 4.15. The molecule has 0 heterocycles. The van der Waals surface area contributed by atoms with Crippen molar-refractivity contribution < 1.29 is 71.7 Å². The maximum Gasteiger partial charge on any atom is 0.494 e. The molecule has 0 amide bonds. The van der Waals surface area contributed by atoms with Crippen LogP contribution in [-0.4, -0.2) is 108 Å². The van der Waals surface area contributed by atoms with E-state index in [1.54, 1.807) is 51.1 Å². The van der Waals surface area contributed by atoms with Crippen LogP contribution in [0.25, 0.3) is 0 Å². The summed E-state index contributed by atoms with van der Waals surface area (Å²) in [5, 5.41) is 0.797. The summed E-state index contributed by atoms with van der Waals surface area (Å²) in [6, 6.07) is 8.32. The van der Waals surface area contributed by atoms with Gasteiger partial charge in [-0.3, -0.25) is 19.3 Å². The largest absolute Gasteiger partial charge is 0.494 e. The van der Waals surface area contributed by atoms with Gasteiger partial charge in [0.1, 0.15) is 12.2 Å². The monoisotopic (exact) mass is 735 g/mol. The van der Waals surface area contributed by atoms with E-state index in [-0.39, 0.29) is 64.5 Å². The lowest BCUT2D eigenvalue weighted by Gasteiger charge is -2.47. The Bertz CT molecular complexity index is 1060. The summed E-state index contributed by atoms with van der Waals surface area (Å²) in [5.74, 6) is -9.65. The van der Waals surface area contributed by atoms with E-state index in [1.165, 1.54) is 14.2 Å². The lowest BCUT2D eigenvalue weighted by molar-refractivity contribution is -0.627. The fraction of sp³-hybridized carbons (Fsp3) is 0.771. The molecule has 16 heteroatoms. The molecule has 1 aromatic rings. The minimum atomic E-state index is -3.08. The number of para-hydroxylation sites is 1. The van der Waals surface area contributed by atoms with Gasteiger partial charge < -0.3 is 42.6 Å². The van der Waals surface area contributed by atoms with E-state index in [2.05, 4.69) is 0 Å². The molecule has 16 nitrogen and oxygen atoms in total. The van der Waals surface area contributed by atoms with Gasteiger partial charge in [-0.05, 0) is 66.0 Å². The minimum absolute atomic E-state index is 0.0555. The highest BCUT2D eigenvalue weighted by atomic mass is 17.3. The third-order valence-corrected chi connectivity index (χ3v) is 6.31. The molecule has 51 heavy (non-hydrogen) atoms. The molecule has 0 aliphatic rings. The van der Waals surface area contributed by atoms with Crippen LogP contribution in [0.4, 0.5) is 0 Å². The van der Waals surface area contributed by atoms with Crippen molar-refractivity contribution in [3.63, 3.8) is 0 Å². The van der Waals surface area contributed by atoms with Crippen LogP contribution in [0.5, 0.6) is 5.75 Å². The maximum absolute atomic E-state index is 14.2. The third kappa shape index (κ3) is 16.4. The summed E-state index contributed by atoms with van der Waals surface area (Å²) in [5.41, 5.74) is 0. The van der Waals surface area contributed by atoms with Crippen molar-refractivity contribution in [1.29, 1.82) is 0 Å². The Morgan fingerprint density at radius 1 is 0.765 bits per heavy atom. The molecular formula is C35H61NO15. The van der Waals surface area contributed by atoms with Gasteiger partial charge in [-0.1, -0.05) is 38.5 Å². The van der Waals surface area contributed by atoms with Crippen molar-refractivity contribution in [1.82, 2.24) is 5.23 Å². The lowest BCUT2D eigenvalue weighted by Crippen LogP contribution is -2.73. The van der Waals surface area contributed by atoms with Gasteiger partial charge >= 0.3 is 23.8 Å². The number of nitrogens with zero attached hydrogens (tertiary/aromatic N) is 1. The van der Waals surface area contributed by atoms with Crippen LogP contribution < -0.4 is 4.74 Å². The number of hydroxylamine groups is 2. The van der Waals surface area contributed by atoms with Crippen LogP contribution in [0.2, 0.25) is 0 Å². The first-order chi connectivity index (χ1) is 24.4. The van der Waals surface area contributed by atoms with Gasteiger partial charge in [0.05, 0.1) is 45.2 Å². The van der Waals surface area contributed by atoms with Gasteiger partial charge in [-0.25, -0.2) is 4.89 Å². The Labute approximate surface area is 302 Å². The number of hydrogen-bond donors (Lipinski definition) is 0. The molecule has 296 valence electrons. The minimum Gasteiger partial charge on any atom is -0.437 e. The van der Waals surface area contributed by atoms with Crippen LogP contribution in [0.3, 0.4) is 0 Å². The smallest absolute Gasteiger partial charge is 0.437 e. The van der Waals surface area contributed by atoms with Crippen LogP contribution in [0, 0.1) is 0 Å². The highest BCUT2D eigenvalue weighted by molar-refractivity contribution is 5.71. The van der Waals surface area contributed by atoms with Crippen molar-refractivity contribution in [2.75, 3.05) is 60.5 Å². The van der Waals surface area contributed by atoms with E-state index in [0.717, 1.165) is 18.6 Å². The molecule has 0 bridgehead atoms. The predicted molar refractivity (Wildman–Crippen MR) is 182 cm³/mol. The Kier molecular flexibility index (Phi) is 23.3. The van der Waals surface area contributed by atoms with Gasteiger partial charge in [-0.2, -0.15) is 0 Å². The molecule has 3 atom stereocenters. The van der Waals surface area contributed by atoms with E-state index in [9.17, 15) is 9.59 Å². The van der Waals surface area contributed by atoms with Gasteiger partial charge in [0.2, 0.25) is 0 Å². The Morgan fingerprint density at radius 2 is 1.47 bits per heavy atom. The first-order valence-electron chi connectivity index (χ1n) is 17.5. The molecule has 1 rings (SSSR count). The molecule has 0 aliphatic heterocycles. The van der Waals surface area contributed by atoms with Crippen LogP contribution >= 0.6 is 0 Å². The maximum atomic E-state index is 14.2. The summed E-state index contributed by atoms with van der Waals surface area (Å²) in [7, 11) is 2.84. The second-order valence-corrected chi connectivity index (χ2v) is 11.6. The number of unbranched alkanes of at least 4 members (excludes halogenated alkanes) is 1. The van der Waals surface area contributed by atoms with Crippen molar-refractivity contribution >= 4 is 11.9 Å². The summed E-state index contributed by atoms with van der Waals surface area (Å²) in [4.78, 5) is 51.0. The fourth-order valence-corrected chi connectivity index (χ4v) is 4.11. The first-order valence-corrected chi connectivity index (χ1v) is 17.5. The summed E-state index contributed by atoms with van der Waals surface area (Å²) >= 11 is 0. The van der Waals surface area contributed by atoms with E-state index >= 15 is 0 Å². The molecule has 0 saturated heterocycles. The number of hydrogen-bond acceptors (Lipinski definition) is 16. The highest BCUT2D eigenvalue weighted by Gasteiger charge is 2.72. The van der Waals surface area contributed by atoms with Crippen molar-refractivity contribution in [2.45, 2.75) is 118 Å². The summed E-state index contributed by atoms with van der Waals surface area (Å²) in [6.45, 7) is 14.0. The van der Waals surface area contributed by atoms with Crippen LogP contribution in [-0.2, 0) is 66.9 Å². The lowest BCUT2D eigenvalue weighted by atomic mass is 10.3.